The average molecular weight is 277 g/mol. The number of nitrogens with one attached hydrogen (secondary N) is 1. The largest absolute Gasteiger partial charge is 0.492 e. The van der Waals surface area contributed by atoms with Crippen LogP contribution in [0.15, 0.2) is 24.3 Å². The van der Waals surface area contributed by atoms with Crippen molar-refractivity contribution in [2.24, 2.45) is 0 Å². The molecule has 0 amide bonds. The third-order valence-corrected chi connectivity index (χ3v) is 3.63. The van der Waals surface area contributed by atoms with Gasteiger partial charge in [-0.2, -0.15) is 0 Å². The van der Waals surface area contributed by atoms with Crippen molar-refractivity contribution in [2.75, 3.05) is 26.3 Å². The maximum Gasteiger partial charge on any atom is 0.123 e. The Balaban J connectivity index is 1.73. The third kappa shape index (κ3) is 4.50. The van der Waals surface area contributed by atoms with Crippen LogP contribution in [-0.4, -0.2) is 32.4 Å². The first-order valence-corrected chi connectivity index (χ1v) is 7.62. The molecule has 0 saturated carbocycles. The molecule has 1 atom stereocenters. The minimum absolute atomic E-state index is 0.113. The van der Waals surface area contributed by atoms with Gasteiger partial charge in [0, 0.05) is 19.7 Å². The van der Waals surface area contributed by atoms with Gasteiger partial charge in [-0.15, -0.1) is 0 Å². The molecule has 1 N–H and O–H groups in total. The Bertz CT molecular complexity index is 406. The van der Waals surface area contributed by atoms with Crippen LogP contribution in [0.1, 0.15) is 39.2 Å². The van der Waals surface area contributed by atoms with Crippen LogP contribution in [0.3, 0.4) is 0 Å². The van der Waals surface area contributed by atoms with Crippen molar-refractivity contribution in [1.82, 2.24) is 5.32 Å². The first-order chi connectivity index (χ1) is 9.57. The van der Waals surface area contributed by atoms with E-state index in [-0.39, 0.29) is 5.41 Å². The van der Waals surface area contributed by atoms with Crippen molar-refractivity contribution < 1.29 is 9.47 Å². The highest BCUT2D eigenvalue weighted by atomic mass is 16.5. The lowest BCUT2D eigenvalue weighted by atomic mass is 9.86. The Morgan fingerprint density at radius 3 is 2.80 bits per heavy atom. The topological polar surface area (TPSA) is 30.5 Å². The summed E-state index contributed by atoms with van der Waals surface area (Å²) in [6.45, 7) is 10.0. The Labute approximate surface area is 122 Å². The van der Waals surface area contributed by atoms with Crippen LogP contribution < -0.4 is 10.1 Å². The molecule has 1 saturated heterocycles. The fourth-order valence-electron chi connectivity index (χ4n) is 2.51. The second kappa shape index (κ2) is 7.09. The molecule has 1 heterocycles. The van der Waals surface area contributed by atoms with Gasteiger partial charge < -0.3 is 14.8 Å². The molecule has 0 unspecified atom stereocenters. The molecular weight excluding hydrogens is 250 g/mol. The monoisotopic (exact) mass is 277 g/mol. The molecule has 0 bridgehead atoms. The Hall–Kier alpha value is -1.06. The van der Waals surface area contributed by atoms with E-state index in [1.807, 2.05) is 6.07 Å². The minimum atomic E-state index is 0.113. The van der Waals surface area contributed by atoms with E-state index < -0.39 is 0 Å². The average Bonchev–Trinajstić information content (AvgIpc) is 2.91. The smallest absolute Gasteiger partial charge is 0.123 e. The highest BCUT2D eigenvalue weighted by molar-refractivity contribution is 5.38. The van der Waals surface area contributed by atoms with Crippen molar-refractivity contribution in [1.29, 1.82) is 0 Å². The van der Waals surface area contributed by atoms with E-state index in [1.54, 1.807) is 0 Å². The van der Waals surface area contributed by atoms with E-state index in [1.165, 1.54) is 18.4 Å². The summed E-state index contributed by atoms with van der Waals surface area (Å²) in [6.07, 6.45) is 2.78. The van der Waals surface area contributed by atoms with Crippen molar-refractivity contribution in [2.45, 2.75) is 45.1 Å². The van der Waals surface area contributed by atoms with Crippen molar-refractivity contribution in [3.8, 4) is 5.75 Å². The lowest BCUT2D eigenvalue weighted by Crippen LogP contribution is -2.30. The van der Waals surface area contributed by atoms with Crippen LogP contribution in [0, 0.1) is 0 Å². The summed E-state index contributed by atoms with van der Waals surface area (Å²) in [6, 6.07) is 8.31. The summed E-state index contributed by atoms with van der Waals surface area (Å²) in [5, 5.41) is 3.41. The molecule has 112 valence electrons. The van der Waals surface area contributed by atoms with Crippen LogP contribution >= 0.6 is 0 Å². The van der Waals surface area contributed by atoms with Crippen molar-refractivity contribution in [3.05, 3.63) is 29.8 Å². The number of hydrogen-bond acceptors (Lipinski definition) is 3. The standard InChI is InChI=1S/C17H27NO2/c1-17(2,3)15-8-4-5-9-16(15)20-12-10-18-13-14-7-6-11-19-14/h4-5,8-9,14,18H,6-7,10-13H2,1-3H3/t14-/m1/s1. The van der Waals surface area contributed by atoms with Crippen LogP contribution in [0.2, 0.25) is 0 Å². The SMILES string of the molecule is CC(C)(C)c1ccccc1OCCNC[C@H]1CCCO1. The van der Waals surface area contributed by atoms with Crippen molar-refractivity contribution in [3.63, 3.8) is 0 Å². The van der Waals surface area contributed by atoms with E-state index >= 15 is 0 Å². The fraction of sp³-hybridized carbons (Fsp3) is 0.647. The van der Waals surface area contributed by atoms with Gasteiger partial charge in [-0.3, -0.25) is 0 Å². The Morgan fingerprint density at radius 2 is 2.10 bits per heavy atom. The third-order valence-electron chi connectivity index (χ3n) is 3.63. The summed E-state index contributed by atoms with van der Waals surface area (Å²) in [7, 11) is 0. The van der Waals surface area contributed by atoms with Crippen LogP contribution in [-0.2, 0) is 10.2 Å². The van der Waals surface area contributed by atoms with Gasteiger partial charge in [-0.25, -0.2) is 0 Å². The van der Waals surface area contributed by atoms with E-state index in [0.29, 0.717) is 12.7 Å². The number of ether oxygens (including phenoxy) is 2. The van der Waals surface area contributed by atoms with Gasteiger partial charge in [-0.1, -0.05) is 39.0 Å². The van der Waals surface area contributed by atoms with Crippen LogP contribution in [0.4, 0.5) is 0 Å². The molecular formula is C17H27NO2. The molecule has 1 aliphatic rings. The first-order valence-electron chi connectivity index (χ1n) is 7.62. The summed E-state index contributed by atoms with van der Waals surface area (Å²) in [5.41, 5.74) is 1.38. The molecule has 3 heteroatoms. The molecule has 20 heavy (non-hydrogen) atoms. The molecule has 3 nitrogen and oxygen atoms in total. The molecule has 0 radical (unpaired) electrons. The van der Waals surface area contributed by atoms with E-state index in [4.69, 9.17) is 9.47 Å². The highest BCUT2D eigenvalue weighted by Crippen LogP contribution is 2.30. The van der Waals surface area contributed by atoms with E-state index in [2.05, 4.69) is 44.3 Å². The summed E-state index contributed by atoms with van der Waals surface area (Å²) >= 11 is 0. The predicted molar refractivity (Wildman–Crippen MR) is 82.5 cm³/mol. The summed E-state index contributed by atoms with van der Waals surface area (Å²) in [4.78, 5) is 0. The Morgan fingerprint density at radius 1 is 1.30 bits per heavy atom. The number of hydrogen-bond donors (Lipinski definition) is 1. The Kier molecular flexibility index (Phi) is 5.44. The number of benzene rings is 1. The quantitative estimate of drug-likeness (QED) is 0.810. The van der Waals surface area contributed by atoms with Gasteiger partial charge in [0.2, 0.25) is 0 Å². The predicted octanol–water partition coefficient (Wildman–Crippen LogP) is 3.13. The van der Waals surface area contributed by atoms with Gasteiger partial charge in [0.05, 0.1) is 6.10 Å². The fourth-order valence-corrected chi connectivity index (χ4v) is 2.51. The van der Waals surface area contributed by atoms with Crippen molar-refractivity contribution >= 4 is 0 Å². The van der Waals surface area contributed by atoms with Gasteiger partial charge in [-0.05, 0) is 29.9 Å². The molecule has 1 aromatic rings. The van der Waals surface area contributed by atoms with E-state index in [0.717, 1.165) is 25.4 Å². The molecule has 0 spiro atoms. The molecule has 1 aromatic carbocycles. The first kappa shape index (κ1) is 15.3. The summed E-state index contributed by atoms with van der Waals surface area (Å²) < 4.78 is 11.5. The number of para-hydroxylation sites is 1. The highest BCUT2D eigenvalue weighted by Gasteiger charge is 2.18. The van der Waals surface area contributed by atoms with Gasteiger partial charge in [0.25, 0.3) is 0 Å². The zero-order valence-corrected chi connectivity index (χ0v) is 12.9. The zero-order valence-electron chi connectivity index (χ0n) is 12.9. The van der Waals surface area contributed by atoms with Gasteiger partial charge >= 0.3 is 0 Å². The maximum atomic E-state index is 5.93. The second-order valence-corrected chi connectivity index (χ2v) is 6.43. The summed E-state index contributed by atoms with van der Waals surface area (Å²) in [5.74, 6) is 0.999. The zero-order chi connectivity index (χ0) is 14.4. The maximum absolute atomic E-state index is 5.93. The number of rotatable bonds is 6. The molecule has 1 aliphatic heterocycles. The van der Waals surface area contributed by atoms with Crippen LogP contribution in [0.25, 0.3) is 0 Å². The second-order valence-electron chi connectivity index (χ2n) is 6.43. The minimum Gasteiger partial charge on any atom is -0.492 e. The molecule has 1 fully saturated rings. The molecule has 2 rings (SSSR count). The lowest BCUT2D eigenvalue weighted by Gasteiger charge is -2.22. The lowest BCUT2D eigenvalue weighted by molar-refractivity contribution is 0.109. The normalized spacial score (nSPS) is 19.2. The molecule has 0 aromatic heterocycles. The van der Waals surface area contributed by atoms with Crippen LogP contribution in [0.5, 0.6) is 5.75 Å². The molecule has 0 aliphatic carbocycles. The van der Waals surface area contributed by atoms with Gasteiger partial charge in [0.1, 0.15) is 12.4 Å². The van der Waals surface area contributed by atoms with Gasteiger partial charge in [0.15, 0.2) is 0 Å². The van der Waals surface area contributed by atoms with E-state index in [9.17, 15) is 0 Å².